The zero-order valence-corrected chi connectivity index (χ0v) is 14.1. The Morgan fingerprint density at radius 1 is 1.29 bits per heavy atom. The summed E-state index contributed by atoms with van der Waals surface area (Å²) in [7, 11) is 1.42. The van der Waals surface area contributed by atoms with Crippen LogP contribution < -0.4 is 14.8 Å². The largest absolute Gasteiger partial charge is 0.493 e. The molecule has 0 radical (unpaired) electrons. The van der Waals surface area contributed by atoms with Gasteiger partial charge in [0.1, 0.15) is 5.82 Å². The van der Waals surface area contributed by atoms with Gasteiger partial charge >= 0.3 is 6.61 Å². The Kier molecular flexibility index (Phi) is 6.54. The smallest absolute Gasteiger partial charge is 0.387 e. The number of nitrogens with zero attached hydrogens (tertiary/aromatic N) is 2. The Morgan fingerprint density at radius 3 is 2.71 bits per heavy atom. The summed E-state index contributed by atoms with van der Waals surface area (Å²) in [6.45, 7) is 3.49. The number of alkyl halides is 2. The number of ether oxygens (including phenoxy) is 2. The van der Waals surface area contributed by atoms with Gasteiger partial charge in [-0.3, -0.25) is 0 Å². The molecule has 24 heavy (non-hydrogen) atoms. The van der Waals surface area contributed by atoms with Gasteiger partial charge in [-0.25, -0.2) is 4.98 Å². The number of halogens is 2. The molecule has 2 rings (SSSR count). The van der Waals surface area contributed by atoms with E-state index in [0.29, 0.717) is 18.2 Å². The Labute approximate surface area is 140 Å². The highest BCUT2D eigenvalue weighted by Gasteiger charge is 2.11. The molecule has 1 aromatic carbocycles. The van der Waals surface area contributed by atoms with Crippen molar-refractivity contribution in [3.05, 3.63) is 42.0 Å². The maximum absolute atomic E-state index is 12.4. The van der Waals surface area contributed by atoms with Crippen molar-refractivity contribution in [2.45, 2.75) is 33.5 Å². The highest BCUT2D eigenvalue weighted by atomic mass is 19.3. The van der Waals surface area contributed by atoms with Gasteiger partial charge in [-0.2, -0.15) is 8.78 Å². The van der Waals surface area contributed by atoms with Crippen molar-refractivity contribution < 1.29 is 18.3 Å². The number of methoxy groups -OCH3 is 1. The van der Waals surface area contributed by atoms with Crippen molar-refractivity contribution in [2.75, 3.05) is 13.7 Å². The van der Waals surface area contributed by atoms with Crippen molar-refractivity contribution >= 4 is 0 Å². The number of imidazole rings is 1. The molecule has 0 saturated heterocycles. The second-order valence-electron chi connectivity index (χ2n) is 5.73. The van der Waals surface area contributed by atoms with E-state index in [2.05, 4.69) is 26.5 Å². The van der Waals surface area contributed by atoms with E-state index in [1.807, 2.05) is 19.2 Å². The maximum atomic E-state index is 12.4. The van der Waals surface area contributed by atoms with Gasteiger partial charge < -0.3 is 19.4 Å². The lowest BCUT2D eigenvalue weighted by molar-refractivity contribution is -0.0512. The Hall–Kier alpha value is -2.15. The molecule has 1 heterocycles. The molecule has 7 heteroatoms. The summed E-state index contributed by atoms with van der Waals surface area (Å²) in [5.41, 5.74) is 0.859. The van der Waals surface area contributed by atoms with Gasteiger partial charge in [0, 0.05) is 25.5 Å². The summed E-state index contributed by atoms with van der Waals surface area (Å²) in [5.74, 6) is 1.75. The molecule has 0 saturated carbocycles. The van der Waals surface area contributed by atoms with E-state index in [4.69, 9.17) is 4.74 Å². The van der Waals surface area contributed by atoms with Crippen LogP contribution in [0.1, 0.15) is 18.3 Å². The molecule has 1 aromatic heterocycles. The second-order valence-corrected chi connectivity index (χ2v) is 5.73. The van der Waals surface area contributed by atoms with Crippen LogP contribution in [0.25, 0.3) is 0 Å². The number of nitrogens with one attached hydrogen (secondary N) is 1. The molecule has 0 fully saturated rings. The van der Waals surface area contributed by atoms with E-state index in [1.54, 1.807) is 18.3 Å². The van der Waals surface area contributed by atoms with Crippen LogP contribution in [0.3, 0.4) is 0 Å². The van der Waals surface area contributed by atoms with Crippen molar-refractivity contribution in [3.63, 3.8) is 0 Å². The number of benzene rings is 1. The van der Waals surface area contributed by atoms with Crippen LogP contribution in [0.15, 0.2) is 30.6 Å². The minimum atomic E-state index is -2.87. The zero-order chi connectivity index (χ0) is 17.5. The van der Waals surface area contributed by atoms with E-state index in [9.17, 15) is 8.78 Å². The number of hydrogen-bond donors (Lipinski definition) is 1. The van der Waals surface area contributed by atoms with Gasteiger partial charge in [0.25, 0.3) is 0 Å². The normalized spacial score (nSPS) is 12.4. The van der Waals surface area contributed by atoms with Gasteiger partial charge in [0.2, 0.25) is 0 Å². The zero-order valence-electron chi connectivity index (χ0n) is 14.1. The molecule has 5 nitrogen and oxygen atoms in total. The minimum Gasteiger partial charge on any atom is -0.493 e. The Bertz CT molecular complexity index is 647. The third-order valence-electron chi connectivity index (χ3n) is 3.70. The molecule has 0 bridgehead atoms. The predicted molar refractivity (Wildman–Crippen MR) is 87.5 cm³/mol. The fourth-order valence-electron chi connectivity index (χ4n) is 2.48. The summed E-state index contributed by atoms with van der Waals surface area (Å²) in [6.07, 6.45) is 3.75. The molecule has 0 aliphatic heterocycles. The molecule has 0 spiro atoms. The van der Waals surface area contributed by atoms with Crippen molar-refractivity contribution in [2.24, 2.45) is 5.92 Å². The summed E-state index contributed by atoms with van der Waals surface area (Å²) >= 11 is 0. The molecular weight excluding hydrogens is 316 g/mol. The van der Waals surface area contributed by atoms with Gasteiger partial charge in [0.15, 0.2) is 11.5 Å². The maximum Gasteiger partial charge on any atom is 0.387 e. The predicted octanol–water partition coefficient (Wildman–Crippen LogP) is 3.23. The topological polar surface area (TPSA) is 48.3 Å². The standard InChI is InChI=1S/C17H23F2N3O2/c1-12(11-22-7-6-21-13(22)2)9-20-10-14-4-5-15(23-3)16(8-14)24-17(18)19/h4-8,12,17,20H,9-11H2,1-3H3. The van der Waals surface area contributed by atoms with Gasteiger partial charge in [-0.05, 0) is 37.1 Å². The molecule has 1 atom stereocenters. The first-order valence-corrected chi connectivity index (χ1v) is 7.79. The molecule has 1 N–H and O–H groups in total. The van der Waals surface area contributed by atoms with E-state index in [0.717, 1.165) is 24.5 Å². The number of rotatable bonds is 9. The van der Waals surface area contributed by atoms with Gasteiger partial charge in [-0.15, -0.1) is 0 Å². The average Bonchev–Trinajstić information content (AvgIpc) is 2.92. The molecule has 0 amide bonds. The summed E-state index contributed by atoms with van der Waals surface area (Å²) in [6, 6.07) is 5.03. The summed E-state index contributed by atoms with van der Waals surface area (Å²) < 4.78 is 36.5. The van der Waals surface area contributed by atoms with E-state index in [-0.39, 0.29) is 5.75 Å². The number of hydrogen-bond acceptors (Lipinski definition) is 4. The third kappa shape index (κ3) is 5.19. The highest BCUT2D eigenvalue weighted by molar-refractivity contribution is 5.42. The average molecular weight is 339 g/mol. The first kappa shape index (κ1) is 18.2. The van der Waals surface area contributed by atoms with Crippen LogP contribution in [0.2, 0.25) is 0 Å². The van der Waals surface area contributed by atoms with Crippen LogP contribution in [0.4, 0.5) is 8.78 Å². The monoisotopic (exact) mass is 339 g/mol. The third-order valence-corrected chi connectivity index (χ3v) is 3.70. The second kappa shape index (κ2) is 8.63. The van der Waals surface area contributed by atoms with Crippen LogP contribution in [0, 0.1) is 12.8 Å². The molecular formula is C17H23F2N3O2. The quantitative estimate of drug-likeness (QED) is 0.762. The van der Waals surface area contributed by atoms with E-state index >= 15 is 0 Å². The van der Waals surface area contributed by atoms with Crippen molar-refractivity contribution in [3.8, 4) is 11.5 Å². The van der Waals surface area contributed by atoms with Crippen LogP contribution in [-0.4, -0.2) is 29.8 Å². The van der Waals surface area contributed by atoms with Crippen molar-refractivity contribution in [1.82, 2.24) is 14.9 Å². The fourth-order valence-corrected chi connectivity index (χ4v) is 2.48. The minimum absolute atomic E-state index is 0.0499. The van der Waals surface area contributed by atoms with E-state index < -0.39 is 6.61 Å². The van der Waals surface area contributed by atoms with Gasteiger partial charge in [-0.1, -0.05) is 13.0 Å². The van der Waals surface area contributed by atoms with Crippen LogP contribution in [0.5, 0.6) is 11.5 Å². The molecule has 2 aromatic rings. The molecule has 0 aliphatic carbocycles. The summed E-state index contributed by atoms with van der Waals surface area (Å²) in [5, 5.41) is 3.33. The lowest BCUT2D eigenvalue weighted by Crippen LogP contribution is -2.24. The molecule has 132 valence electrons. The molecule has 1 unspecified atom stereocenters. The number of aromatic nitrogens is 2. The fraction of sp³-hybridized carbons (Fsp3) is 0.471. The first-order chi connectivity index (χ1) is 11.5. The first-order valence-electron chi connectivity index (χ1n) is 7.79. The van der Waals surface area contributed by atoms with Crippen LogP contribution >= 0.6 is 0 Å². The number of aryl methyl sites for hydroxylation is 1. The summed E-state index contributed by atoms with van der Waals surface area (Å²) in [4.78, 5) is 4.20. The van der Waals surface area contributed by atoms with E-state index in [1.165, 1.54) is 7.11 Å². The van der Waals surface area contributed by atoms with Gasteiger partial charge in [0.05, 0.1) is 7.11 Å². The highest BCUT2D eigenvalue weighted by Crippen LogP contribution is 2.29. The Morgan fingerprint density at radius 2 is 2.08 bits per heavy atom. The SMILES string of the molecule is COc1ccc(CNCC(C)Cn2ccnc2C)cc1OC(F)F. The Balaban J connectivity index is 1.86. The van der Waals surface area contributed by atoms with Crippen LogP contribution in [-0.2, 0) is 13.1 Å². The lowest BCUT2D eigenvalue weighted by atomic mass is 10.1. The lowest BCUT2D eigenvalue weighted by Gasteiger charge is -2.15. The molecule has 0 aliphatic rings. The van der Waals surface area contributed by atoms with Crippen molar-refractivity contribution in [1.29, 1.82) is 0 Å².